The number of aryl methyl sites for hydroxylation is 1. The average molecular weight is 720 g/mol. The molecular weight excluding hydrogens is 671 g/mol. The number of halogens is 4. The molecule has 3 saturated heterocycles. The van der Waals surface area contributed by atoms with E-state index < -0.39 is 11.7 Å². The summed E-state index contributed by atoms with van der Waals surface area (Å²) in [6.45, 7) is 7.43. The molecule has 5 amide bonds. The summed E-state index contributed by atoms with van der Waals surface area (Å²) in [5.74, 6) is 0.0103. The molecular formula is C36H49ClF3N7O3. The van der Waals surface area contributed by atoms with Crippen molar-refractivity contribution in [2.24, 2.45) is 0 Å². The van der Waals surface area contributed by atoms with Crippen molar-refractivity contribution in [1.82, 2.24) is 24.9 Å². The molecule has 0 aliphatic carbocycles. The van der Waals surface area contributed by atoms with Crippen molar-refractivity contribution in [1.29, 1.82) is 0 Å². The van der Waals surface area contributed by atoms with Crippen molar-refractivity contribution >= 4 is 40.9 Å². The number of urea groups is 2. The van der Waals surface area contributed by atoms with Gasteiger partial charge in [0.25, 0.3) is 0 Å². The highest BCUT2D eigenvalue weighted by Crippen LogP contribution is 2.39. The second kappa shape index (κ2) is 17.0. The molecule has 3 fully saturated rings. The highest BCUT2D eigenvalue weighted by Gasteiger charge is 2.35. The molecule has 274 valence electrons. The number of fused-ring (bicyclic) bond motifs is 1. The first-order valence-corrected chi connectivity index (χ1v) is 18.1. The molecule has 4 heterocycles. The number of hydrogen-bond acceptors (Lipinski definition) is 5. The first kappa shape index (κ1) is 37.5. The number of likely N-dealkylation sites (tertiary alicyclic amines) is 3. The lowest BCUT2D eigenvalue weighted by Gasteiger charge is -2.40. The van der Waals surface area contributed by atoms with Gasteiger partial charge in [-0.1, -0.05) is 36.2 Å². The smallest absolute Gasteiger partial charge is 0.386 e. The Bertz CT molecular complexity index is 1490. The number of hydrogen-bond donors (Lipinski definition) is 3. The maximum Gasteiger partial charge on any atom is 0.418 e. The zero-order valence-corrected chi connectivity index (χ0v) is 29.7. The minimum atomic E-state index is -4.38. The maximum atomic E-state index is 12.8. The van der Waals surface area contributed by atoms with Gasteiger partial charge >= 0.3 is 18.2 Å². The molecule has 0 atom stereocenters. The van der Waals surface area contributed by atoms with Crippen molar-refractivity contribution in [3.05, 3.63) is 58.1 Å². The van der Waals surface area contributed by atoms with E-state index in [9.17, 15) is 27.6 Å². The van der Waals surface area contributed by atoms with E-state index in [2.05, 4.69) is 26.9 Å². The molecule has 14 heteroatoms. The van der Waals surface area contributed by atoms with Gasteiger partial charge in [-0.3, -0.25) is 4.79 Å². The highest BCUT2D eigenvalue weighted by atomic mass is 35.5. The Morgan fingerprint density at radius 2 is 1.54 bits per heavy atom. The van der Waals surface area contributed by atoms with E-state index in [4.69, 9.17) is 11.6 Å². The number of carbonyl (C=O) groups is 3. The van der Waals surface area contributed by atoms with Gasteiger partial charge in [0.1, 0.15) is 0 Å². The Balaban J connectivity index is 0.000000292. The number of nitrogens with one attached hydrogen (secondary N) is 3. The number of amides is 5. The standard InChI is InChI=1S/C27H40N6O3.C9H9ClF3N/c34-25(31-15-9-22(10-16-31)30-13-4-1-5-14-30)20-28-26(35)32-17-11-23(12-18-32)33-19-8-21-6-2-3-7-24(21)29-27(33)36;1-5-3-6(9(11,12)13)8(14-2)7(10)4-5/h2-3,6-7,22-23H,1,4-5,8-20H2,(H,28,35)(H,29,36);3-4,14H,1-2H3. The molecule has 0 radical (unpaired) electrons. The molecule has 0 unspecified atom stereocenters. The van der Waals surface area contributed by atoms with Crippen LogP contribution in [0.25, 0.3) is 0 Å². The Hall–Kier alpha value is -3.71. The zero-order chi connectivity index (χ0) is 35.8. The molecule has 0 bridgehead atoms. The molecule has 4 aliphatic rings. The van der Waals surface area contributed by atoms with Crippen molar-refractivity contribution in [2.75, 3.05) is 70.0 Å². The molecule has 50 heavy (non-hydrogen) atoms. The van der Waals surface area contributed by atoms with Gasteiger partial charge in [-0.25, -0.2) is 9.59 Å². The van der Waals surface area contributed by atoms with Gasteiger partial charge < -0.3 is 35.6 Å². The number of benzene rings is 2. The first-order valence-electron chi connectivity index (χ1n) is 17.7. The Morgan fingerprint density at radius 3 is 2.20 bits per heavy atom. The van der Waals surface area contributed by atoms with Crippen molar-refractivity contribution in [3.8, 4) is 0 Å². The van der Waals surface area contributed by atoms with Crippen LogP contribution < -0.4 is 16.0 Å². The average Bonchev–Trinajstić information content (AvgIpc) is 3.28. The second-order valence-electron chi connectivity index (χ2n) is 13.5. The largest absolute Gasteiger partial charge is 0.418 e. The third kappa shape index (κ3) is 9.54. The normalized spacial score (nSPS) is 19.5. The van der Waals surface area contributed by atoms with Crippen molar-refractivity contribution in [2.45, 2.75) is 76.6 Å². The summed E-state index contributed by atoms with van der Waals surface area (Å²) < 4.78 is 37.5. The van der Waals surface area contributed by atoms with Crippen LogP contribution in [0, 0.1) is 6.92 Å². The van der Waals surface area contributed by atoms with Gasteiger partial charge in [0, 0.05) is 57.5 Å². The monoisotopic (exact) mass is 719 g/mol. The van der Waals surface area contributed by atoms with E-state index in [1.807, 2.05) is 28.0 Å². The Morgan fingerprint density at radius 1 is 0.900 bits per heavy atom. The number of anilines is 2. The molecule has 10 nitrogen and oxygen atoms in total. The van der Waals surface area contributed by atoms with Crippen LogP contribution in [0.3, 0.4) is 0 Å². The summed E-state index contributed by atoms with van der Waals surface area (Å²) in [4.78, 5) is 46.5. The second-order valence-corrected chi connectivity index (χ2v) is 13.9. The van der Waals surface area contributed by atoms with Gasteiger partial charge in [0.2, 0.25) is 5.91 Å². The molecule has 2 aromatic carbocycles. The van der Waals surface area contributed by atoms with Crippen LogP contribution in [0.15, 0.2) is 36.4 Å². The summed E-state index contributed by atoms with van der Waals surface area (Å²) in [6, 6.07) is 11.0. The van der Waals surface area contributed by atoms with Gasteiger partial charge in [-0.05, 0) is 94.3 Å². The predicted molar refractivity (Wildman–Crippen MR) is 190 cm³/mol. The van der Waals surface area contributed by atoms with Gasteiger partial charge in [-0.2, -0.15) is 13.2 Å². The fourth-order valence-corrected chi connectivity index (χ4v) is 7.85. The number of carbonyl (C=O) groups excluding carboxylic acids is 3. The number of alkyl halides is 3. The molecule has 0 aromatic heterocycles. The van der Waals surface area contributed by atoms with Crippen LogP contribution in [-0.2, 0) is 17.4 Å². The quantitative estimate of drug-likeness (QED) is 0.331. The third-order valence-electron chi connectivity index (χ3n) is 10.2. The van der Waals surface area contributed by atoms with Crippen molar-refractivity contribution < 1.29 is 27.6 Å². The Kier molecular flexibility index (Phi) is 12.8. The summed E-state index contributed by atoms with van der Waals surface area (Å²) in [7, 11) is 1.41. The first-order chi connectivity index (χ1) is 23.9. The van der Waals surface area contributed by atoms with Gasteiger partial charge in [-0.15, -0.1) is 0 Å². The van der Waals surface area contributed by atoms with Crippen LogP contribution in [0.4, 0.5) is 34.1 Å². The predicted octanol–water partition coefficient (Wildman–Crippen LogP) is 6.44. The number of nitrogens with zero attached hydrogens (tertiary/aromatic N) is 4. The molecule has 4 aliphatic heterocycles. The van der Waals surface area contributed by atoms with Crippen LogP contribution in [0.2, 0.25) is 5.02 Å². The fraction of sp³-hybridized carbons (Fsp3) is 0.583. The van der Waals surface area contributed by atoms with Crippen LogP contribution >= 0.6 is 11.6 Å². The zero-order valence-electron chi connectivity index (χ0n) is 29.0. The van der Waals surface area contributed by atoms with Crippen LogP contribution in [0.5, 0.6) is 0 Å². The summed E-state index contributed by atoms with van der Waals surface area (Å²) in [5, 5.41) is 8.41. The number of piperidine rings is 3. The highest BCUT2D eigenvalue weighted by molar-refractivity contribution is 6.33. The van der Waals surface area contributed by atoms with E-state index in [1.165, 1.54) is 45.5 Å². The minimum absolute atomic E-state index is 0.0103. The number of rotatable bonds is 5. The Labute approximate surface area is 297 Å². The summed E-state index contributed by atoms with van der Waals surface area (Å²) >= 11 is 5.68. The SMILES string of the molecule is CNc1c(Cl)cc(C)cc1C(F)(F)F.O=C(CNC(=O)N1CCC(N2CCc3ccccc3NC2=O)CC1)N1CCC(N2CCCCC2)CC1. The lowest BCUT2D eigenvalue weighted by atomic mass is 10.00. The molecule has 3 N–H and O–H groups in total. The summed E-state index contributed by atoms with van der Waals surface area (Å²) in [6.07, 6.45) is 3.92. The summed E-state index contributed by atoms with van der Waals surface area (Å²) in [5.41, 5.74) is 1.73. The topological polar surface area (TPSA) is 100 Å². The minimum Gasteiger partial charge on any atom is -0.386 e. The van der Waals surface area contributed by atoms with Gasteiger partial charge in [0.05, 0.1) is 22.8 Å². The lowest BCUT2D eigenvalue weighted by Crippen LogP contribution is -2.53. The van der Waals surface area contributed by atoms with Crippen LogP contribution in [0.1, 0.15) is 61.6 Å². The van der Waals surface area contributed by atoms with E-state index in [0.29, 0.717) is 31.2 Å². The van der Waals surface area contributed by atoms with Crippen LogP contribution in [-0.4, -0.2) is 109 Å². The van der Waals surface area contributed by atoms with E-state index in [0.717, 1.165) is 62.5 Å². The lowest BCUT2D eigenvalue weighted by molar-refractivity contribution is -0.137. The van der Waals surface area contributed by atoms with Crippen molar-refractivity contribution in [3.63, 3.8) is 0 Å². The van der Waals surface area contributed by atoms with E-state index in [1.54, 1.807) is 11.8 Å². The third-order valence-corrected chi connectivity index (χ3v) is 10.5. The molecule has 0 saturated carbocycles. The van der Waals surface area contributed by atoms with E-state index in [-0.39, 0.29) is 41.3 Å². The fourth-order valence-electron chi connectivity index (χ4n) is 7.48. The van der Waals surface area contributed by atoms with Gasteiger partial charge in [0.15, 0.2) is 0 Å². The van der Waals surface area contributed by atoms with E-state index >= 15 is 0 Å². The maximum absolute atomic E-state index is 12.8. The number of para-hydroxylation sites is 1. The molecule has 0 spiro atoms. The molecule has 2 aromatic rings. The molecule has 6 rings (SSSR count).